The molecule has 3 heterocycles. The summed E-state index contributed by atoms with van der Waals surface area (Å²) < 4.78 is 36.9. The summed E-state index contributed by atoms with van der Waals surface area (Å²) in [5.74, 6) is 3.30. The summed E-state index contributed by atoms with van der Waals surface area (Å²) in [5.41, 5.74) is 0. The highest BCUT2D eigenvalue weighted by atomic mass is 32.2. The number of nitrogens with zero attached hydrogens (tertiary/aromatic N) is 3. The van der Waals surface area contributed by atoms with E-state index in [1.165, 1.54) is 0 Å². The third kappa shape index (κ3) is 3.48. The van der Waals surface area contributed by atoms with Crippen molar-refractivity contribution < 1.29 is 17.9 Å². The number of benzene rings is 1. The summed E-state index contributed by atoms with van der Waals surface area (Å²) in [6.45, 7) is 0.496. The summed E-state index contributed by atoms with van der Waals surface area (Å²) in [7, 11) is -1.05. The van der Waals surface area contributed by atoms with Crippen LogP contribution in [-0.4, -0.2) is 53.2 Å². The maximum Gasteiger partial charge on any atom is 0.191 e. The summed E-state index contributed by atoms with van der Waals surface area (Å²) in [6.07, 6.45) is 0.557. The van der Waals surface area contributed by atoms with Crippen LogP contribution in [0.25, 0.3) is 0 Å². The lowest BCUT2D eigenvalue weighted by Crippen LogP contribution is -2.31. The molecule has 9 heteroatoms. The van der Waals surface area contributed by atoms with Gasteiger partial charge in [-0.15, -0.1) is 10.2 Å². The van der Waals surface area contributed by atoms with Gasteiger partial charge in [0.2, 0.25) is 0 Å². The third-order valence-electron chi connectivity index (χ3n) is 4.43. The molecule has 134 valence electrons. The van der Waals surface area contributed by atoms with Crippen LogP contribution in [0, 0.1) is 0 Å². The van der Waals surface area contributed by atoms with Gasteiger partial charge in [0.25, 0.3) is 0 Å². The highest BCUT2D eigenvalue weighted by Gasteiger charge is 2.32. The molecule has 0 aliphatic carbocycles. The van der Waals surface area contributed by atoms with Crippen molar-refractivity contribution in [3.63, 3.8) is 0 Å². The van der Waals surface area contributed by atoms with E-state index in [1.54, 1.807) is 11.8 Å². The number of para-hydroxylation sites is 2. The van der Waals surface area contributed by atoms with Gasteiger partial charge in [0.15, 0.2) is 26.5 Å². The van der Waals surface area contributed by atoms with Crippen molar-refractivity contribution in [1.29, 1.82) is 0 Å². The Hall–Kier alpha value is -1.74. The zero-order valence-electron chi connectivity index (χ0n) is 13.8. The van der Waals surface area contributed by atoms with E-state index in [4.69, 9.17) is 9.47 Å². The fraction of sp³-hybridized carbons (Fsp3) is 0.500. The Morgan fingerprint density at radius 3 is 2.84 bits per heavy atom. The summed E-state index contributed by atoms with van der Waals surface area (Å²) in [4.78, 5) is 0. The Morgan fingerprint density at radius 1 is 1.28 bits per heavy atom. The Morgan fingerprint density at radius 2 is 2.08 bits per heavy atom. The van der Waals surface area contributed by atoms with E-state index in [0.29, 0.717) is 18.8 Å². The molecule has 25 heavy (non-hydrogen) atoms. The van der Waals surface area contributed by atoms with Crippen molar-refractivity contribution in [2.75, 3.05) is 23.9 Å². The molecular weight excluding hydrogens is 362 g/mol. The predicted molar refractivity (Wildman–Crippen MR) is 94.1 cm³/mol. The summed E-state index contributed by atoms with van der Waals surface area (Å²) in [5, 5.41) is 9.21. The second-order valence-corrected chi connectivity index (χ2v) is 9.52. The molecule has 0 saturated carbocycles. The molecule has 4 rings (SSSR count). The number of aromatic nitrogens is 3. The van der Waals surface area contributed by atoms with Crippen LogP contribution in [0.4, 0.5) is 0 Å². The van der Waals surface area contributed by atoms with Crippen LogP contribution in [-0.2, 0) is 16.9 Å². The van der Waals surface area contributed by atoms with Crippen molar-refractivity contribution in [2.24, 2.45) is 7.05 Å². The van der Waals surface area contributed by atoms with Crippen LogP contribution in [0.1, 0.15) is 18.2 Å². The van der Waals surface area contributed by atoms with Gasteiger partial charge < -0.3 is 14.0 Å². The molecular formula is C16H19N3O4S2. The van der Waals surface area contributed by atoms with Crippen LogP contribution in [0.15, 0.2) is 29.4 Å². The second-order valence-electron chi connectivity index (χ2n) is 6.31. The van der Waals surface area contributed by atoms with E-state index in [9.17, 15) is 8.42 Å². The van der Waals surface area contributed by atoms with Gasteiger partial charge in [-0.2, -0.15) is 0 Å². The van der Waals surface area contributed by atoms with Crippen LogP contribution in [0.3, 0.4) is 0 Å². The van der Waals surface area contributed by atoms with Crippen molar-refractivity contribution >= 4 is 21.6 Å². The normalized spacial score (nSPS) is 24.4. The molecule has 2 aliphatic rings. The van der Waals surface area contributed by atoms with Gasteiger partial charge in [-0.05, 0) is 18.6 Å². The number of hydrogen-bond acceptors (Lipinski definition) is 7. The molecule has 2 aliphatic heterocycles. The molecule has 0 radical (unpaired) electrons. The van der Waals surface area contributed by atoms with Crippen molar-refractivity contribution in [3.05, 3.63) is 30.1 Å². The number of fused-ring (bicyclic) bond motifs is 1. The quantitative estimate of drug-likeness (QED) is 0.745. The first kappa shape index (κ1) is 16.7. The zero-order valence-corrected chi connectivity index (χ0v) is 15.4. The molecule has 1 aromatic carbocycles. The number of hydrogen-bond donors (Lipinski definition) is 0. The Bertz CT molecular complexity index is 881. The van der Waals surface area contributed by atoms with Gasteiger partial charge >= 0.3 is 0 Å². The lowest BCUT2D eigenvalue weighted by Gasteiger charge is -2.25. The average Bonchev–Trinajstić information content (AvgIpc) is 3.14. The van der Waals surface area contributed by atoms with E-state index < -0.39 is 9.84 Å². The summed E-state index contributed by atoms with van der Waals surface area (Å²) >= 11 is 1.54. The lowest BCUT2D eigenvalue weighted by atomic mass is 10.1. The van der Waals surface area contributed by atoms with Crippen molar-refractivity contribution in [1.82, 2.24) is 14.8 Å². The van der Waals surface area contributed by atoms with Gasteiger partial charge in [-0.25, -0.2) is 8.42 Å². The minimum Gasteiger partial charge on any atom is -0.486 e. The van der Waals surface area contributed by atoms with Crippen LogP contribution in [0.2, 0.25) is 0 Å². The highest BCUT2D eigenvalue weighted by molar-refractivity contribution is 7.99. The van der Waals surface area contributed by atoms with Crippen LogP contribution in [0.5, 0.6) is 11.5 Å². The smallest absolute Gasteiger partial charge is 0.191 e. The van der Waals surface area contributed by atoms with Gasteiger partial charge in [0.1, 0.15) is 18.5 Å². The maximum absolute atomic E-state index is 11.7. The largest absolute Gasteiger partial charge is 0.486 e. The molecule has 7 nitrogen and oxygen atoms in total. The standard InChI is InChI=1S/C16H19N3O4S2/c1-19-15(11-6-7-25(20,21)10-11)17-18-16(19)24-9-12-8-22-13-4-2-3-5-14(13)23-12/h2-5,11-12H,6-10H2,1H3/t11-,12+/m0/s1. The first-order valence-electron chi connectivity index (χ1n) is 8.13. The molecule has 0 N–H and O–H groups in total. The zero-order chi connectivity index (χ0) is 17.4. The van der Waals surface area contributed by atoms with Crippen molar-refractivity contribution in [2.45, 2.75) is 23.6 Å². The Kier molecular flexibility index (Phi) is 4.36. The maximum atomic E-state index is 11.7. The second kappa shape index (κ2) is 6.53. The highest BCUT2D eigenvalue weighted by Crippen LogP contribution is 2.33. The number of ether oxygens (including phenoxy) is 2. The molecule has 0 unspecified atom stereocenters. The van der Waals surface area contributed by atoms with E-state index in [-0.39, 0.29) is 23.5 Å². The minimum absolute atomic E-state index is 0.0574. The van der Waals surface area contributed by atoms with Crippen LogP contribution >= 0.6 is 11.8 Å². The first-order valence-corrected chi connectivity index (χ1v) is 10.9. The van der Waals surface area contributed by atoms with Crippen molar-refractivity contribution in [3.8, 4) is 11.5 Å². The third-order valence-corrected chi connectivity index (χ3v) is 7.35. The van der Waals surface area contributed by atoms with E-state index in [2.05, 4.69) is 10.2 Å². The number of thioether (sulfide) groups is 1. The molecule has 0 spiro atoms. The Balaban J connectivity index is 1.40. The summed E-state index contributed by atoms with van der Waals surface area (Å²) in [6, 6.07) is 7.63. The molecule has 2 aromatic rings. The topological polar surface area (TPSA) is 83.3 Å². The fourth-order valence-corrected chi connectivity index (χ4v) is 5.74. The average molecular weight is 381 g/mol. The minimum atomic E-state index is -2.93. The molecule has 0 amide bonds. The van der Waals surface area contributed by atoms with Gasteiger partial charge in [-0.1, -0.05) is 23.9 Å². The molecule has 1 fully saturated rings. The van der Waals surface area contributed by atoms with E-state index in [1.807, 2.05) is 35.9 Å². The van der Waals surface area contributed by atoms with Gasteiger partial charge in [0.05, 0.1) is 11.5 Å². The van der Waals surface area contributed by atoms with Crippen LogP contribution < -0.4 is 9.47 Å². The lowest BCUT2D eigenvalue weighted by molar-refractivity contribution is 0.107. The van der Waals surface area contributed by atoms with E-state index >= 15 is 0 Å². The number of sulfone groups is 1. The SMILES string of the molecule is Cn1c(SC[C@H]2COc3ccccc3O2)nnc1[C@H]1CCS(=O)(=O)C1. The van der Waals surface area contributed by atoms with Gasteiger partial charge in [-0.3, -0.25) is 0 Å². The molecule has 1 aromatic heterocycles. The molecule has 0 bridgehead atoms. The Labute approximate surface area is 150 Å². The predicted octanol–water partition coefficient (Wildman–Crippen LogP) is 1.65. The first-order chi connectivity index (χ1) is 12.0. The van der Waals surface area contributed by atoms with Gasteiger partial charge in [0, 0.05) is 18.7 Å². The molecule has 1 saturated heterocycles. The number of rotatable bonds is 4. The monoisotopic (exact) mass is 381 g/mol. The fourth-order valence-electron chi connectivity index (χ4n) is 3.12. The van der Waals surface area contributed by atoms with E-state index in [0.717, 1.165) is 22.5 Å². The molecule has 2 atom stereocenters.